The van der Waals surface area contributed by atoms with Crippen molar-refractivity contribution >= 4 is 29.7 Å². The van der Waals surface area contributed by atoms with E-state index in [1.165, 1.54) is 6.33 Å². The molecule has 1 heterocycles. The molecule has 15 nitrogen and oxygen atoms in total. The third-order valence-corrected chi connectivity index (χ3v) is 5.81. The van der Waals surface area contributed by atoms with Gasteiger partial charge in [-0.3, -0.25) is 19.4 Å². The number of carbonyl (C=O) groups is 4. The highest BCUT2D eigenvalue weighted by molar-refractivity contribution is 5.94. The number of carboxylic acid groups (broad SMARTS) is 1. The molecule has 1 aromatic rings. The molecule has 13 N–H and O–H groups in total. The standard InChI is InChI=1S/C24H44N10O5/c1-14(2)10-19(23(38)39)34-22(37)18(7-5-9-30-24(27)28)33-21(36)17(6-3-4-8-25)32-20(35)16(26)11-15-12-29-13-31-15/h12-14,16-19H,3-11,25-26H2,1-2H3,(H,29,31)(H,32,35)(H,33,36)(H,34,37)(H,38,39)(H4,27,28,30). The van der Waals surface area contributed by atoms with E-state index in [-0.39, 0.29) is 44.1 Å². The zero-order chi connectivity index (χ0) is 29.4. The highest BCUT2D eigenvalue weighted by Crippen LogP contribution is 2.09. The number of amides is 3. The van der Waals surface area contributed by atoms with E-state index >= 15 is 0 Å². The number of nitrogens with two attached hydrogens (primary N) is 4. The Morgan fingerprint density at radius 3 is 2.08 bits per heavy atom. The first-order chi connectivity index (χ1) is 18.4. The fraction of sp³-hybridized carbons (Fsp3) is 0.667. The van der Waals surface area contributed by atoms with Crippen LogP contribution < -0.4 is 38.9 Å². The Morgan fingerprint density at radius 2 is 1.56 bits per heavy atom. The molecule has 0 aromatic carbocycles. The van der Waals surface area contributed by atoms with Crippen molar-refractivity contribution in [2.45, 2.75) is 83.0 Å². The Hall–Kier alpha value is -3.72. The highest BCUT2D eigenvalue weighted by atomic mass is 16.4. The van der Waals surface area contributed by atoms with Crippen LogP contribution in [0.25, 0.3) is 0 Å². The Morgan fingerprint density at radius 1 is 0.974 bits per heavy atom. The fourth-order valence-corrected chi connectivity index (χ4v) is 3.78. The Bertz CT molecular complexity index is 934. The SMILES string of the molecule is CC(C)CC(NC(=O)C(CCCN=C(N)N)NC(=O)C(CCCCN)NC(=O)C(N)Cc1cnc[nH]1)C(=O)O. The van der Waals surface area contributed by atoms with Crippen molar-refractivity contribution in [3.63, 3.8) is 0 Å². The molecule has 220 valence electrons. The van der Waals surface area contributed by atoms with Gasteiger partial charge in [-0.05, 0) is 51.0 Å². The number of H-pyrrole nitrogens is 1. The number of hydrogen-bond donors (Lipinski definition) is 9. The number of rotatable bonds is 19. The van der Waals surface area contributed by atoms with Crippen molar-refractivity contribution in [1.82, 2.24) is 25.9 Å². The van der Waals surface area contributed by atoms with Gasteiger partial charge in [0.2, 0.25) is 17.7 Å². The molecule has 0 aliphatic heterocycles. The lowest BCUT2D eigenvalue weighted by Crippen LogP contribution is -2.57. The van der Waals surface area contributed by atoms with Gasteiger partial charge in [0.05, 0.1) is 12.4 Å². The zero-order valence-corrected chi connectivity index (χ0v) is 22.7. The molecule has 0 spiro atoms. The quantitative estimate of drug-likeness (QED) is 0.0519. The van der Waals surface area contributed by atoms with Crippen LogP contribution in [0.15, 0.2) is 17.5 Å². The van der Waals surface area contributed by atoms with Crippen LogP contribution in [0.1, 0.15) is 58.1 Å². The van der Waals surface area contributed by atoms with Crippen LogP contribution in [0.4, 0.5) is 0 Å². The molecule has 0 radical (unpaired) electrons. The normalized spacial score (nSPS) is 14.1. The number of nitrogens with one attached hydrogen (secondary N) is 4. The molecule has 3 amide bonds. The summed E-state index contributed by atoms with van der Waals surface area (Å²) in [7, 11) is 0. The molecular formula is C24H44N10O5. The Kier molecular flexibility index (Phi) is 15.1. The van der Waals surface area contributed by atoms with Gasteiger partial charge in [0.15, 0.2) is 5.96 Å². The lowest BCUT2D eigenvalue weighted by molar-refractivity contribution is -0.142. The number of aliphatic imine (C=N–C) groups is 1. The van der Waals surface area contributed by atoms with Crippen LogP contribution in [0.2, 0.25) is 0 Å². The predicted octanol–water partition coefficient (Wildman–Crippen LogP) is -1.95. The predicted molar refractivity (Wildman–Crippen MR) is 146 cm³/mol. The van der Waals surface area contributed by atoms with Crippen molar-refractivity contribution in [2.24, 2.45) is 33.8 Å². The van der Waals surface area contributed by atoms with Crippen LogP contribution in [0.3, 0.4) is 0 Å². The topological polar surface area (TPSA) is 270 Å². The molecule has 0 saturated carbocycles. The molecule has 0 bridgehead atoms. The van der Waals surface area contributed by atoms with E-state index in [0.29, 0.717) is 31.5 Å². The average Bonchev–Trinajstić information content (AvgIpc) is 3.37. The summed E-state index contributed by atoms with van der Waals surface area (Å²) in [6, 6.07) is -4.15. The maximum absolute atomic E-state index is 13.3. The number of aromatic nitrogens is 2. The number of imidazole rings is 1. The summed E-state index contributed by atoms with van der Waals surface area (Å²) in [5, 5.41) is 17.4. The number of aromatic amines is 1. The number of aliphatic carboxylic acids is 1. The maximum Gasteiger partial charge on any atom is 0.326 e. The molecule has 4 atom stereocenters. The van der Waals surface area contributed by atoms with Gasteiger partial charge in [0.1, 0.15) is 18.1 Å². The number of carboxylic acids is 1. The number of guanidine groups is 1. The summed E-state index contributed by atoms with van der Waals surface area (Å²) in [6.45, 7) is 4.28. The minimum Gasteiger partial charge on any atom is -0.480 e. The van der Waals surface area contributed by atoms with E-state index in [1.807, 2.05) is 13.8 Å². The molecule has 39 heavy (non-hydrogen) atoms. The minimum atomic E-state index is -1.18. The van der Waals surface area contributed by atoms with Crippen molar-refractivity contribution in [2.75, 3.05) is 13.1 Å². The van der Waals surface area contributed by atoms with Crippen LogP contribution in [-0.4, -0.2) is 82.0 Å². The molecule has 0 saturated heterocycles. The summed E-state index contributed by atoms with van der Waals surface area (Å²) in [5.41, 5.74) is 23.0. The first kappa shape index (κ1) is 33.3. The molecule has 0 aliphatic rings. The molecule has 1 aromatic heterocycles. The lowest BCUT2D eigenvalue weighted by Gasteiger charge is -2.25. The van der Waals surface area contributed by atoms with Crippen LogP contribution in [0.5, 0.6) is 0 Å². The van der Waals surface area contributed by atoms with E-state index in [1.54, 1.807) is 6.20 Å². The molecule has 0 fully saturated rings. The van der Waals surface area contributed by atoms with Crippen molar-refractivity contribution in [1.29, 1.82) is 0 Å². The van der Waals surface area contributed by atoms with Crippen molar-refractivity contribution < 1.29 is 24.3 Å². The number of carbonyl (C=O) groups excluding carboxylic acids is 3. The van der Waals surface area contributed by atoms with Crippen LogP contribution in [0, 0.1) is 5.92 Å². The lowest BCUT2D eigenvalue weighted by atomic mass is 10.0. The molecule has 4 unspecified atom stereocenters. The minimum absolute atomic E-state index is 0.00872. The van der Waals surface area contributed by atoms with Gasteiger partial charge in [0, 0.05) is 24.9 Å². The monoisotopic (exact) mass is 552 g/mol. The Labute approximate surface area is 228 Å². The van der Waals surface area contributed by atoms with Crippen LogP contribution in [-0.2, 0) is 25.6 Å². The number of hydrogen-bond acceptors (Lipinski definition) is 8. The highest BCUT2D eigenvalue weighted by Gasteiger charge is 2.30. The van der Waals surface area contributed by atoms with E-state index in [9.17, 15) is 24.3 Å². The van der Waals surface area contributed by atoms with Crippen LogP contribution >= 0.6 is 0 Å². The fourth-order valence-electron chi connectivity index (χ4n) is 3.78. The van der Waals surface area contributed by atoms with E-state index in [4.69, 9.17) is 22.9 Å². The van der Waals surface area contributed by atoms with Gasteiger partial charge in [-0.2, -0.15) is 0 Å². The van der Waals surface area contributed by atoms with Gasteiger partial charge < -0.3 is 49.0 Å². The van der Waals surface area contributed by atoms with Gasteiger partial charge in [0.25, 0.3) is 0 Å². The van der Waals surface area contributed by atoms with Crippen molar-refractivity contribution in [3.05, 3.63) is 18.2 Å². The number of unbranched alkanes of at least 4 members (excludes halogenated alkanes) is 1. The third-order valence-electron chi connectivity index (χ3n) is 5.81. The molecule has 1 rings (SSSR count). The summed E-state index contributed by atoms with van der Waals surface area (Å²) in [6.07, 6.45) is 5.30. The molecule has 15 heteroatoms. The summed E-state index contributed by atoms with van der Waals surface area (Å²) in [5.74, 6) is -3.10. The Balaban J connectivity index is 3.01. The van der Waals surface area contributed by atoms with E-state index in [2.05, 4.69) is 30.9 Å². The number of nitrogens with zero attached hydrogens (tertiary/aromatic N) is 2. The largest absolute Gasteiger partial charge is 0.480 e. The smallest absolute Gasteiger partial charge is 0.326 e. The third kappa shape index (κ3) is 13.6. The van der Waals surface area contributed by atoms with E-state index in [0.717, 1.165) is 0 Å². The summed E-state index contributed by atoms with van der Waals surface area (Å²) >= 11 is 0. The molecular weight excluding hydrogens is 508 g/mol. The second-order valence-electron chi connectivity index (χ2n) is 9.77. The molecule has 0 aliphatic carbocycles. The zero-order valence-electron chi connectivity index (χ0n) is 22.7. The summed E-state index contributed by atoms with van der Waals surface area (Å²) < 4.78 is 0. The summed E-state index contributed by atoms with van der Waals surface area (Å²) in [4.78, 5) is 61.5. The van der Waals surface area contributed by atoms with Gasteiger partial charge in [-0.1, -0.05) is 13.8 Å². The average molecular weight is 553 g/mol. The second-order valence-corrected chi connectivity index (χ2v) is 9.77. The van der Waals surface area contributed by atoms with Crippen molar-refractivity contribution in [3.8, 4) is 0 Å². The van der Waals surface area contributed by atoms with Gasteiger partial charge in [-0.25, -0.2) is 9.78 Å². The first-order valence-corrected chi connectivity index (χ1v) is 13.1. The van der Waals surface area contributed by atoms with E-state index < -0.39 is 47.9 Å². The maximum atomic E-state index is 13.3. The van der Waals surface area contributed by atoms with Gasteiger partial charge in [-0.15, -0.1) is 0 Å². The van der Waals surface area contributed by atoms with Gasteiger partial charge >= 0.3 is 5.97 Å². The second kappa shape index (κ2) is 17.7. The first-order valence-electron chi connectivity index (χ1n) is 13.1.